The molecule has 2 rings (SSSR count). The van der Waals surface area contributed by atoms with Gasteiger partial charge in [-0.3, -0.25) is 30.6 Å². The third kappa shape index (κ3) is 5.85. The Balaban J connectivity index is 1.84. The number of rotatable bonds is 8. The molecule has 0 aromatic heterocycles. The van der Waals surface area contributed by atoms with Crippen molar-refractivity contribution < 1.29 is 24.0 Å². The predicted octanol–water partition coefficient (Wildman–Crippen LogP) is 2.00. The van der Waals surface area contributed by atoms with E-state index in [9.17, 15) is 19.7 Å². The van der Waals surface area contributed by atoms with Gasteiger partial charge in [0.2, 0.25) is 0 Å². The van der Waals surface area contributed by atoms with Crippen LogP contribution in [-0.2, 0) is 4.79 Å². The zero-order valence-corrected chi connectivity index (χ0v) is 14.2. The van der Waals surface area contributed by atoms with Crippen LogP contribution in [0.1, 0.15) is 10.4 Å². The number of hydrazine groups is 1. The van der Waals surface area contributed by atoms with E-state index in [-0.39, 0.29) is 30.2 Å². The average Bonchev–Trinajstić information content (AvgIpc) is 2.69. The first-order valence-corrected chi connectivity index (χ1v) is 7.80. The smallest absolute Gasteiger partial charge is 0.276 e. The number of ether oxygens (including phenoxy) is 2. The van der Waals surface area contributed by atoms with Crippen LogP contribution in [0.3, 0.4) is 0 Å². The van der Waals surface area contributed by atoms with E-state index >= 15 is 0 Å². The van der Waals surface area contributed by atoms with E-state index in [0.717, 1.165) is 0 Å². The van der Waals surface area contributed by atoms with E-state index in [1.807, 2.05) is 0 Å². The lowest BCUT2D eigenvalue weighted by Crippen LogP contribution is -2.43. The van der Waals surface area contributed by atoms with E-state index < -0.39 is 16.7 Å². The second kappa shape index (κ2) is 9.56. The fourth-order valence-electron chi connectivity index (χ4n) is 1.97. The van der Waals surface area contributed by atoms with Crippen LogP contribution in [-0.4, -0.2) is 30.0 Å². The Morgan fingerprint density at radius 2 is 1.78 bits per heavy atom. The number of para-hydroxylation sites is 1. The minimum absolute atomic E-state index is 0.0867. The molecule has 2 aromatic rings. The van der Waals surface area contributed by atoms with Gasteiger partial charge in [-0.05, 0) is 24.3 Å². The molecule has 0 atom stereocenters. The summed E-state index contributed by atoms with van der Waals surface area (Å²) >= 11 is 0. The van der Waals surface area contributed by atoms with Gasteiger partial charge in [-0.25, -0.2) is 0 Å². The molecule has 27 heavy (non-hydrogen) atoms. The fourth-order valence-corrected chi connectivity index (χ4v) is 1.97. The van der Waals surface area contributed by atoms with Crippen molar-refractivity contribution in [3.05, 3.63) is 76.9 Å². The number of hydrogen-bond donors (Lipinski definition) is 2. The molecule has 0 bridgehead atoms. The monoisotopic (exact) mass is 371 g/mol. The summed E-state index contributed by atoms with van der Waals surface area (Å²) in [5, 5.41) is 10.6. The molecule has 2 N–H and O–H groups in total. The van der Waals surface area contributed by atoms with Crippen LogP contribution >= 0.6 is 0 Å². The number of nitrogens with one attached hydrogen (secondary N) is 2. The van der Waals surface area contributed by atoms with Gasteiger partial charge in [-0.2, -0.15) is 0 Å². The number of carbonyl (C=O) groups is 2. The Labute approximate surface area is 154 Å². The largest absolute Gasteiger partial charge is 0.489 e. The first-order valence-electron chi connectivity index (χ1n) is 7.80. The SMILES string of the molecule is C=CCOc1ccccc1C(=O)NNC(=O)COc1ccc([N+](=O)[O-])cc1. The van der Waals surface area contributed by atoms with Crippen LogP contribution in [0.5, 0.6) is 11.5 Å². The van der Waals surface area contributed by atoms with Crippen LogP contribution < -0.4 is 20.3 Å². The lowest BCUT2D eigenvalue weighted by molar-refractivity contribution is -0.384. The molecule has 0 aliphatic heterocycles. The Kier molecular flexibility index (Phi) is 6.89. The number of nitrogens with zero attached hydrogens (tertiary/aromatic N) is 1. The molecule has 0 fully saturated rings. The quantitative estimate of drug-likeness (QED) is 0.416. The molecular formula is C18H17N3O6. The Bertz CT molecular complexity index is 835. The Morgan fingerprint density at radius 3 is 2.44 bits per heavy atom. The molecule has 2 amide bonds. The van der Waals surface area contributed by atoms with Gasteiger partial charge in [-0.1, -0.05) is 24.8 Å². The third-order valence-electron chi connectivity index (χ3n) is 3.22. The second-order valence-electron chi connectivity index (χ2n) is 5.14. The van der Waals surface area contributed by atoms with Gasteiger partial charge in [0.25, 0.3) is 17.5 Å². The maximum absolute atomic E-state index is 12.2. The molecule has 0 aliphatic carbocycles. The molecule has 9 heteroatoms. The van der Waals surface area contributed by atoms with E-state index in [1.54, 1.807) is 30.3 Å². The van der Waals surface area contributed by atoms with Gasteiger partial charge >= 0.3 is 0 Å². The first kappa shape index (κ1) is 19.4. The van der Waals surface area contributed by atoms with Gasteiger partial charge in [0, 0.05) is 12.1 Å². The average molecular weight is 371 g/mol. The third-order valence-corrected chi connectivity index (χ3v) is 3.22. The predicted molar refractivity (Wildman–Crippen MR) is 96.3 cm³/mol. The van der Waals surface area contributed by atoms with Crippen LogP contribution in [0.15, 0.2) is 61.2 Å². The summed E-state index contributed by atoms with van der Waals surface area (Å²) in [6, 6.07) is 11.8. The first-order chi connectivity index (χ1) is 13.0. The van der Waals surface area contributed by atoms with Crippen LogP contribution in [0.4, 0.5) is 5.69 Å². The molecule has 0 heterocycles. The number of benzene rings is 2. The van der Waals surface area contributed by atoms with E-state index in [0.29, 0.717) is 5.75 Å². The number of nitro groups is 1. The van der Waals surface area contributed by atoms with Crippen molar-refractivity contribution in [1.29, 1.82) is 0 Å². The maximum Gasteiger partial charge on any atom is 0.276 e. The highest BCUT2D eigenvalue weighted by Gasteiger charge is 2.13. The summed E-state index contributed by atoms with van der Waals surface area (Å²) in [5.74, 6) is -0.527. The van der Waals surface area contributed by atoms with Crippen LogP contribution in [0.2, 0.25) is 0 Å². The van der Waals surface area contributed by atoms with E-state index in [1.165, 1.54) is 24.3 Å². The summed E-state index contributed by atoms with van der Waals surface area (Å²) < 4.78 is 10.6. The van der Waals surface area contributed by atoms with Crippen molar-refractivity contribution in [2.24, 2.45) is 0 Å². The molecule has 140 valence electrons. The summed E-state index contributed by atoms with van der Waals surface area (Å²) in [4.78, 5) is 34.0. The molecule has 9 nitrogen and oxygen atoms in total. The highest BCUT2D eigenvalue weighted by Crippen LogP contribution is 2.18. The van der Waals surface area contributed by atoms with Crippen molar-refractivity contribution in [1.82, 2.24) is 10.9 Å². The summed E-state index contributed by atoms with van der Waals surface area (Å²) in [6.45, 7) is 3.39. The van der Waals surface area contributed by atoms with Gasteiger partial charge in [0.15, 0.2) is 6.61 Å². The number of nitro benzene ring substituents is 1. The molecule has 0 spiro atoms. The molecular weight excluding hydrogens is 354 g/mol. The maximum atomic E-state index is 12.2. The lowest BCUT2D eigenvalue weighted by Gasteiger charge is -2.11. The summed E-state index contributed by atoms with van der Waals surface area (Å²) in [7, 11) is 0. The van der Waals surface area contributed by atoms with E-state index in [2.05, 4.69) is 17.4 Å². The number of carbonyl (C=O) groups excluding carboxylic acids is 2. The van der Waals surface area contributed by atoms with Crippen molar-refractivity contribution in [2.75, 3.05) is 13.2 Å². The molecule has 0 saturated carbocycles. The van der Waals surface area contributed by atoms with Gasteiger partial charge in [0.1, 0.15) is 18.1 Å². The zero-order chi connectivity index (χ0) is 19.6. The normalized spacial score (nSPS) is 9.78. The number of amides is 2. The molecule has 2 aromatic carbocycles. The van der Waals surface area contributed by atoms with Gasteiger partial charge in [0.05, 0.1) is 10.5 Å². The molecule has 0 aliphatic rings. The van der Waals surface area contributed by atoms with Crippen molar-refractivity contribution >= 4 is 17.5 Å². The Hall–Kier alpha value is -3.88. The molecule has 0 radical (unpaired) electrons. The minimum Gasteiger partial charge on any atom is -0.489 e. The zero-order valence-electron chi connectivity index (χ0n) is 14.2. The van der Waals surface area contributed by atoms with Crippen molar-refractivity contribution in [3.63, 3.8) is 0 Å². The number of non-ortho nitro benzene ring substituents is 1. The van der Waals surface area contributed by atoms with Gasteiger partial charge in [-0.15, -0.1) is 0 Å². The summed E-state index contributed by atoms with van der Waals surface area (Å²) in [5.41, 5.74) is 4.64. The van der Waals surface area contributed by atoms with Crippen molar-refractivity contribution in [2.45, 2.75) is 0 Å². The van der Waals surface area contributed by atoms with Crippen LogP contribution in [0, 0.1) is 10.1 Å². The van der Waals surface area contributed by atoms with Crippen LogP contribution in [0.25, 0.3) is 0 Å². The fraction of sp³-hybridized carbons (Fsp3) is 0.111. The molecule has 0 saturated heterocycles. The highest BCUT2D eigenvalue weighted by atomic mass is 16.6. The topological polar surface area (TPSA) is 120 Å². The Morgan fingerprint density at radius 1 is 1.07 bits per heavy atom. The minimum atomic E-state index is -0.605. The van der Waals surface area contributed by atoms with Crippen molar-refractivity contribution in [3.8, 4) is 11.5 Å². The second-order valence-corrected chi connectivity index (χ2v) is 5.14. The lowest BCUT2D eigenvalue weighted by atomic mass is 10.2. The standard InChI is InChI=1S/C18H17N3O6/c1-2-11-26-16-6-4-3-5-15(16)18(23)20-19-17(22)12-27-14-9-7-13(8-10-14)21(24)25/h2-10H,1,11-12H2,(H,19,22)(H,20,23). The molecule has 0 unspecified atom stereocenters. The van der Waals surface area contributed by atoms with Gasteiger partial charge < -0.3 is 9.47 Å². The summed E-state index contributed by atoms with van der Waals surface area (Å²) in [6.07, 6.45) is 1.55. The van der Waals surface area contributed by atoms with E-state index in [4.69, 9.17) is 9.47 Å². The number of hydrogen-bond acceptors (Lipinski definition) is 6. The highest BCUT2D eigenvalue weighted by molar-refractivity contribution is 5.97.